The van der Waals surface area contributed by atoms with Gasteiger partial charge in [0.2, 0.25) is 0 Å². The molecule has 2 aromatic rings. The summed E-state index contributed by atoms with van der Waals surface area (Å²) in [5.74, 6) is 0.993. The smallest absolute Gasteiger partial charge is 0.127 e. The molecule has 0 radical (unpaired) electrons. The van der Waals surface area contributed by atoms with Crippen molar-refractivity contribution >= 4 is 43.7 Å². The third kappa shape index (κ3) is 12.3. The Bertz CT molecular complexity index is 425. The Morgan fingerprint density at radius 3 is 1.43 bits per heavy atom. The maximum Gasteiger partial charge on any atom is 0.127 e. The summed E-state index contributed by atoms with van der Waals surface area (Å²) >= 11 is 0. The molecule has 5 N–H and O–H groups in total. The first-order valence-corrected chi connectivity index (χ1v) is 5.72. The molecule has 5 nitrogen and oxygen atoms in total. The number of hydrogen-bond acceptors (Lipinski definition) is 2. The van der Waals surface area contributed by atoms with Crippen LogP contribution in [0.1, 0.15) is 13.3 Å². The van der Waals surface area contributed by atoms with Crippen molar-refractivity contribution in [3.8, 4) is 11.5 Å². The van der Waals surface area contributed by atoms with Gasteiger partial charge in [0.1, 0.15) is 11.5 Å². The Hall–Kier alpha value is -1.11. The first kappa shape index (κ1) is 24.9. The van der Waals surface area contributed by atoms with Crippen LogP contribution in [-0.2, 0) is 4.79 Å². The topological polar surface area (TPSA) is 110 Å². The van der Waals surface area contributed by atoms with Gasteiger partial charge in [0.05, 0.1) is 0 Å². The van der Waals surface area contributed by atoms with Crippen molar-refractivity contribution in [2.24, 2.45) is 0 Å². The molecular weight excluding hydrogens is 300 g/mol. The zero-order valence-corrected chi connectivity index (χ0v) is 11.2. The third-order valence-electron chi connectivity index (χ3n) is 2.02. The van der Waals surface area contributed by atoms with Crippen LogP contribution in [-0.4, -0.2) is 59.8 Å². The fourth-order valence-corrected chi connectivity index (χ4v) is 1.11. The number of carbonyl (C=O) groups is 1. The van der Waals surface area contributed by atoms with E-state index < -0.39 is 5.97 Å². The van der Waals surface area contributed by atoms with Gasteiger partial charge in [-0.1, -0.05) is 43.3 Å². The summed E-state index contributed by atoms with van der Waals surface area (Å²) in [6.07, 6.45) is 0.222. The number of aliphatic carboxylic acids is 1. The molecule has 0 saturated heterocycles. The van der Waals surface area contributed by atoms with E-state index in [2.05, 4.69) is 0 Å². The van der Waals surface area contributed by atoms with Crippen LogP contribution in [0.3, 0.4) is 0 Å². The van der Waals surface area contributed by atoms with E-state index in [0.29, 0.717) is 0 Å². The zero-order valence-electron chi connectivity index (χ0n) is 11.2. The van der Waals surface area contributed by atoms with E-state index in [1.165, 1.54) is 0 Å². The molecule has 0 atom stereocenters. The molecule has 0 aliphatic rings. The van der Waals surface area contributed by atoms with Gasteiger partial charge < -0.3 is 20.8 Å². The molecule has 2 rings (SSSR count). The monoisotopic (exact) mass is 322 g/mol. The number of ether oxygens (including phenoxy) is 1. The van der Waals surface area contributed by atoms with Gasteiger partial charge >= 0.3 is 43.7 Å². The molecule has 0 aliphatic heterocycles. The summed E-state index contributed by atoms with van der Waals surface area (Å²) in [7, 11) is 0. The van der Waals surface area contributed by atoms with Gasteiger partial charge in [-0.15, -0.1) is 0 Å². The quantitative estimate of drug-likeness (QED) is 0.862. The molecule has 0 spiro atoms. The van der Waals surface area contributed by atoms with Gasteiger partial charge in [0, 0.05) is 6.42 Å². The Labute approximate surface area is 154 Å². The van der Waals surface area contributed by atoms with Crippen LogP contribution < -0.4 is 4.74 Å². The minimum atomic E-state index is -0.745. The second-order valence-corrected chi connectivity index (χ2v) is 3.48. The Balaban J connectivity index is -0.000000360. The first-order chi connectivity index (χ1) is 8.72. The number of carboxylic acid groups (broad SMARTS) is 1. The van der Waals surface area contributed by atoms with Crippen LogP contribution in [0.15, 0.2) is 60.7 Å². The second-order valence-electron chi connectivity index (χ2n) is 3.48. The van der Waals surface area contributed by atoms with Crippen LogP contribution in [0.5, 0.6) is 11.5 Å². The summed E-state index contributed by atoms with van der Waals surface area (Å²) in [6.45, 7) is 1.60. The summed E-state index contributed by atoms with van der Waals surface area (Å²) in [5.41, 5.74) is 0. The minimum Gasteiger partial charge on any atom is -0.457 e. The molecule has 0 heterocycles. The van der Waals surface area contributed by atoms with Crippen LogP contribution >= 0.6 is 0 Å². The fourth-order valence-electron chi connectivity index (χ4n) is 1.11. The Morgan fingerprint density at radius 1 is 0.905 bits per heavy atom. The molecule has 114 valence electrons. The van der Waals surface area contributed by atoms with E-state index in [1.54, 1.807) is 6.92 Å². The Kier molecular flexibility index (Phi) is 18.1. The minimum absolute atomic E-state index is 0. The molecule has 0 unspecified atom stereocenters. The molecule has 0 amide bonds. The molecule has 0 saturated carbocycles. The van der Waals surface area contributed by atoms with E-state index in [1.807, 2.05) is 60.7 Å². The van der Waals surface area contributed by atoms with Crippen molar-refractivity contribution in [3.63, 3.8) is 0 Å². The average molecular weight is 322 g/mol. The van der Waals surface area contributed by atoms with E-state index in [-0.39, 0.29) is 55.1 Å². The van der Waals surface area contributed by atoms with E-state index in [9.17, 15) is 4.79 Å². The number of hydrogen-bond donors (Lipinski definition) is 1. The zero-order chi connectivity index (χ0) is 13.2. The summed E-state index contributed by atoms with van der Waals surface area (Å²) < 4.78 is 5.58. The van der Waals surface area contributed by atoms with Gasteiger partial charge in [0.25, 0.3) is 0 Å². The second kappa shape index (κ2) is 15.3. The molecule has 6 heteroatoms. The SMILES string of the molecule is CCC(=O)O.O.O.[CaH2].c1ccc(Oc2ccccc2)cc1. The standard InChI is InChI=1S/C12H10O.C3H6O2.Ca.2H2O.2H/c1-3-7-11(8-4-1)13-12-9-5-2-6-10-12;1-2-3(4)5;;;;;/h1-10H;2H2,1H3,(H,4,5);;2*1H2;;. The summed E-state index contributed by atoms with van der Waals surface area (Å²) in [5, 5.41) is 7.72. The number of para-hydroxylation sites is 2. The average Bonchev–Trinajstić information content (AvgIpc) is 2.42. The molecule has 0 fully saturated rings. The maximum absolute atomic E-state index is 9.37. The van der Waals surface area contributed by atoms with E-state index in [0.717, 1.165) is 11.5 Å². The van der Waals surface area contributed by atoms with Crippen molar-refractivity contribution in [2.75, 3.05) is 0 Å². The van der Waals surface area contributed by atoms with Gasteiger partial charge in [-0.25, -0.2) is 0 Å². The molecule has 2 aromatic carbocycles. The van der Waals surface area contributed by atoms with Crippen molar-refractivity contribution < 1.29 is 25.6 Å². The van der Waals surface area contributed by atoms with E-state index >= 15 is 0 Å². The number of rotatable bonds is 3. The van der Waals surface area contributed by atoms with Gasteiger partial charge in [-0.3, -0.25) is 4.79 Å². The van der Waals surface area contributed by atoms with Crippen LogP contribution in [0.4, 0.5) is 0 Å². The van der Waals surface area contributed by atoms with Gasteiger partial charge in [-0.05, 0) is 24.3 Å². The van der Waals surface area contributed by atoms with Crippen LogP contribution in [0.2, 0.25) is 0 Å². The van der Waals surface area contributed by atoms with Crippen molar-refractivity contribution in [1.82, 2.24) is 0 Å². The van der Waals surface area contributed by atoms with Crippen LogP contribution in [0.25, 0.3) is 0 Å². The number of carboxylic acids is 1. The van der Waals surface area contributed by atoms with Gasteiger partial charge in [0.15, 0.2) is 0 Å². The molecule has 0 aromatic heterocycles. The number of benzene rings is 2. The Morgan fingerprint density at radius 2 is 1.19 bits per heavy atom. The van der Waals surface area contributed by atoms with Crippen molar-refractivity contribution in [2.45, 2.75) is 13.3 Å². The predicted molar refractivity (Wildman–Crippen MR) is 86.7 cm³/mol. The van der Waals surface area contributed by atoms with Crippen LogP contribution in [0, 0.1) is 0 Å². The van der Waals surface area contributed by atoms with E-state index in [4.69, 9.17) is 9.84 Å². The largest absolute Gasteiger partial charge is 0.457 e. The predicted octanol–water partition coefficient (Wildman–Crippen LogP) is 1.39. The fraction of sp³-hybridized carbons (Fsp3) is 0.133. The maximum atomic E-state index is 9.37. The normalized spacial score (nSPS) is 7.67. The van der Waals surface area contributed by atoms with Crippen molar-refractivity contribution in [3.05, 3.63) is 60.7 Å². The van der Waals surface area contributed by atoms with Gasteiger partial charge in [-0.2, -0.15) is 0 Å². The van der Waals surface area contributed by atoms with Crippen molar-refractivity contribution in [1.29, 1.82) is 0 Å². The summed E-state index contributed by atoms with van der Waals surface area (Å²) in [4.78, 5) is 9.37. The molecular formula is C15H22CaO5. The first-order valence-electron chi connectivity index (χ1n) is 5.72. The molecule has 21 heavy (non-hydrogen) atoms. The molecule has 0 bridgehead atoms. The molecule has 0 aliphatic carbocycles. The summed E-state index contributed by atoms with van der Waals surface area (Å²) in [6, 6.07) is 19.5. The third-order valence-corrected chi connectivity index (χ3v) is 2.02.